The van der Waals surface area contributed by atoms with Gasteiger partial charge in [-0.1, -0.05) is 34.1 Å². The number of halogens is 1. The molecule has 0 heterocycles. The number of aliphatic hydroxyl groups excluding tert-OH is 1. The van der Waals surface area contributed by atoms with Crippen LogP contribution in [0.15, 0.2) is 46.9 Å². The fourth-order valence-corrected chi connectivity index (χ4v) is 2.31. The maximum atomic E-state index is 10.4. The maximum Gasteiger partial charge on any atom is 0.161 e. The van der Waals surface area contributed by atoms with Crippen LogP contribution in [0.5, 0.6) is 11.5 Å². The van der Waals surface area contributed by atoms with E-state index in [-0.39, 0.29) is 0 Å². The Morgan fingerprint density at radius 2 is 1.63 bits per heavy atom. The van der Waals surface area contributed by atoms with Crippen molar-refractivity contribution in [3.05, 3.63) is 58.1 Å². The molecule has 0 aliphatic heterocycles. The van der Waals surface area contributed by atoms with Gasteiger partial charge in [-0.15, -0.1) is 0 Å². The highest BCUT2D eigenvalue weighted by atomic mass is 79.9. The van der Waals surface area contributed by atoms with Crippen molar-refractivity contribution in [2.75, 3.05) is 14.2 Å². The van der Waals surface area contributed by atoms with Crippen LogP contribution < -0.4 is 9.47 Å². The topological polar surface area (TPSA) is 38.7 Å². The van der Waals surface area contributed by atoms with Crippen LogP contribution in [-0.4, -0.2) is 19.3 Å². The van der Waals surface area contributed by atoms with E-state index in [0.29, 0.717) is 11.5 Å². The van der Waals surface area contributed by atoms with Crippen molar-refractivity contribution < 1.29 is 14.6 Å². The average molecular weight is 323 g/mol. The van der Waals surface area contributed by atoms with Crippen molar-refractivity contribution in [3.8, 4) is 11.5 Å². The highest BCUT2D eigenvalue weighted by Crippen LogP contribution is 2.32. The Morgan fingerprint density at radius 1 is 0.947 bits per heavy atom. The highest BCUT2D eigenvalue weighted by Gasteiger charge is 2.13. The summed E-state index contributed by atoms with van der Waals surface area (Å²) in [4.78, 5) is 0. The van der Waals surface area contributed by atoms with E-state index in [9.17, 15) is 5.11 Å². The molecule has 0 spiro atoms. The van der Waals surface area contributed by atoms with Gasteiger partial charge >= 0.3 is 0 Å². The summed E-state index contributed by atoms with van der Waals surface area (Å²) in [6.07, 6.45) is -0.697. The zero-order valence-corrected chi connectivity index (χ0v) is 12.3. The molecule has 0 bridgehead atoms. The SMILES string of the molecule is COc1ccc([C@H](O)c2cccc(Br)c2)cc1OC. The van der Waals surface area contributed by atoms with E-state index in [2.05, 4.69) is 15.9 Å². The van der Waals surface area contributed by atoms with Crippen LogP contribution in [0.2, 0.25) is 0 Å². The van der Waals surface area contributed by atoms with Crippen LogP contribution in [0, 0.1) is 0 Å². The largest absolute Gasteiger partial charge is 0.493 e. The third kappa shape index (κ3) is 3.08. The quantitative estimate of drug-likeness (QED) is 0.935. The summed E-state index contributed by atoms with van der Waals surface area (Å²) in [5.74, 6) is 1.25. The van der Waals surface area contributed by atoms with Crippen molar-refractivity contribution >= 4 is 15.9 Å². The van der Waals surface area contributed by atoms with Crippen molar-refractivity contribution in [1.29, 1.82) is 0 Å². The van der Waals surface area contributed by atoms with Gasteiger partial charge in [-0.25, -0.2) is 0 Å². The van der Waals surface area contributed by atoms with Gasteiger partial charge in [-0.3, -0.25) is 0 Å². The smallest absolute Gasteiger partial charge is 0.161 e. The molecule has 3 nitrogen and oxygen atoms in total. The lowest BCUT2D eigenvalue weighted by Gasteiger charge is -2.14. The first-order valence-electron chi connectivity index (χ1n) is 5.81. The maximum absolute atomic E-state index is 10.4. The summed E-state index contributed by atoms with van der Waals surface area (Å²) in [5, 5.41) is 10.4. The van der Waals surface area contributed by atoms with E-state index in [1.165, 1.54) is 0 Å². The van der Waals surface area contributed by atoms with Gasteiger partial charge in [0.25, 0.3) is 0 Å². The summed E-state index contributed by atoms with van der Waals surface area (Å²) < 4.78 is 11.4. The highest BCUT2D eigenvalue weighted by molar-refractivity contribution is 9.10. The summed E-state index contributed by atoms with van der Waals surface area (Å²) in [6, 6.07) is 13.0. The number of rotatable bonds is 4. The molecule has 2 aromatic rings. The van der Waals surface area contributed by atoms with Gasteiger partial charge in [-0.05, 0) is 35.4 Å². The van der Waals surface area contributed by atoms with Crippen LogP contribution in [0.3, 0.4) is 0 Å². The third-order valence-electron chi connectivity index (χ3n) is 2.89. The third-order valence-corrected chi connectivity index (χ3v) is 3.38. The van der Waals surface area contributed by atoms with E-state index < -0.39 is 6.10 Å². The molecule has 0 aromatic heterocycles. The Labute approximate surface area is 120 Å². The molecule has 0 saturated heterocycles. The standard InChI is InChI=1S/C15H15BrO3/c1-18-13-7-6-11(9-14(13)19-2)15(17)10-4-3-5-12(16)8-10/h3-9,15,17H,1-2H3/t15-/m1/s1. The Hall–Kier alpha value is -1.52. The lowest BCUT2D eigenvalue weighted by atomic mass is 10.0. The number of methoxy groups -OCH3 is 2. The van der Waals surface area contributed by atoms with Crippen LogP contribution >= 0.6 is 15.9 Å². The number of ether oxygens (including phenoxy) is 2. The fraction of sp³-hybridized carbons (Fsp3) is 0.200. The first kappa shape index (κ1) is 13.9. The molecule has 0 radical (unpaired) electrons. The van der Waals surface area contributed by atoms with Gasteiger partial charge in [0.15, 0.2) is 11.5 Å². The Morgan fingerprint density at radius 3 is 2.26 bits per heavy atom. The zero-order chi connectivity index (χ0) is 13.8. The molecular formula is C15H15BrO3. The number of hydrogen-bond donors (Lipinski definition) is 1. The summed E-state index contributed by atoms with van der Waals surface area (Å²) in [5.41, 5.74) is 1.58. The van der Waals surface area contributed by atoms with Gasteiger partial charge < -0.3 is 14.6 Å². The van der Waals surface area contributed by atoms with Crippen LogP contribution in [0.25, 0.3) is 0 Å². The first-order valence-corrected chi connectivity index (χ1v) is 6.60. The molecule has 2 aromatic carbocycles. The Balaban J connectivity index is 2.36. The molecule has 19 heavy (non-hydrogen) atoms. The van der Waals surface area contributed by atoms with E-state index in [1.807, 2.05) is 30.3 Å². The van der Waals surface area contributed by atoms with Crippen LogP contribution in [-0.2, 0) is 0 Å². The molecule has 0 aliphatic carbocycles. The van der Waals surface area contributed by atoms with Crippen molar-refractivity contribution in [1.82, 2.24) is 0 Å². The van der Waals surface area contributed by atoms with Gasteiger partial charge in [0.1, 0.15) is 6.10 Å². The van der Waals surface area contributed by atoms with E-state index >= 15 is 0 Å². The normalized spacial score (nSPS) is 12.0. The first-order chi connectivity index (χ1) is 9.15. The zero-order valence-electron chi connectivity index (χ0n) is 10.8. The van der Waals surface area contributed by atoms with Gasteiger partial charge in [0.05, 0.1) is 14.2 Å². The molecular weight excluding hydrogens is 308 g/mol. The number of benzene rings is 2. The molecule has 0 saturated carbocycles. The predicted molar refractivity (Wildman–Crippen MR) is 77.7 cm³/mol. The lowest BCUT2D eigenvalue weighted by molar-refractivity contribution is 0.219. The predicted octanol–water partition coefficient (Wildman–Crippen LogP) is 3.55. The Kier molecular flexibility index (Phi) is 4.45. The Bertz CT molecular complexity index is 569. The van der Waals surface area contributed by atoms with Crippen LogP contribution in [0.4, 0.5) is 0 Å². The second kappa shape index (κ2) is 6.08. The molecule has 0 aliphatic rings. The average Bonchev–Trinajstić information content (AvgIpc) is 2.45. The second-order valence-corrected chi connectivity index (χ2v) is 4.99. The number of hydrogen-bond acceptors (Lipinski definition) is 3. The summed E-state index contributed by atoms with van der Waals surface area (Å²) in [7, 11) is 3.16. The van der Waals surface area contributed by atoms with E-state index in [4.69, 9.17) is 9.47 Å². The molecule has 1 N–H and O–H groups in total. The van der Waals surface area contributed by atoms with Gasteiger partial charge in [0.2, 0.25) is 0 Å². The van der Waals surface area contributed by atoms with Crippen molar-refractivity contribution in [3.63, 3.8) is 0 Å². The molecule has 1 atom stereocenters. The molecule has 0 amide bonds. The van der Waals surface area contributed by atoms with Gasteiger partial charge in [-0.2, -0.15) is 0 Å². The molecule has 0 fully saturated rings. The molecule has 2 rings (SSSR count). The van der Waals surface area contributed by atoms with Crippen molar-refractivity contribution in [2.45, 2.75) is 6.10 Å². The minimum atomic E-state index is -0.697. The molecule has 4 heteroatoms. The fourth-order valence-electron chi connectivity index (χ4n) is 1.89. The van der Waals surface area contributed by atoms with E-state index in [1.54, 1.807) is 26.4 Å². The molecule has 100 valence electrons. The van der Waals surface area contributed by atoms with Gasteiger partial charge in [0, 0.05) is 4.47 Å². The molecule has 0 unspecified atom stereocenters. The summed E-state index contributed by atoms with van der Waals surface area (Å²) in [6.45, 7) is 0. The summed E-state index contributed by atoms with van der Waals surface area (Å²) >= 11 is 3.40. The van der Waals surface area contributed by atoms with E-state index in [0.717, 1.165) is 15.6 Å². The number of aliphatic hydroxyl groups is 1. The van der Waals surface area contributed by atoms with Crippen molar-refractivity contribution in [2.24, 2.45) is 0 Å². The second-order valence-electron chi connectivity index (χ2n) is 4.07. The lowest BCUT2D eigenvalue weighted by Crippen LogP contribution is -2.01. The minimum Gasteiger partial charge on any atom is -0.493 e. The minimum absolute atomic E-state index is 0.606. The monoisotopic (exact) mass is 322 g/mol. The van der Waals surface area contributed by atoms with Crippen LogP contribution in [0.1, 0.15) is 17.2 Å².